The lowest BCUT2D eigenvalue weighted by Crippen LogP contribution is -2.40. The molecule has 1 atom stereocenters. The van der Waals surface area contributed by atoms with E-state index in [-0.39, 0.29) is 0 Å². The van der Waals surface area contributed by atoms with Crippen LogP contribution in [0.3, 0.4) is 0 Å². The average Bonchev–Trinajstić information content (AvgIpc) is 2.67. The van der Waals surface area contributed by atoms with Gasteiger partial charge in [0.05, 0.1) is 0 Å². The summed E-state index contributed by atoms with van der Waals surface area (Å²) in [5.74, 6) is 0. The smallest absolute Gasteiger partial charge is 0.0204 e. The van der Waals surface area contributed by atoms with Crippen LogP contribution in [0.5, 0.6) is 0 Å². The van der Waals surface area contributed by atoms with E-state index in [1.165, 1.54) is 38.6 Å². The lowest BCUT2D eigenvalue weighted by Gasteiger charge is -2.35. The lowest BCUT2D eigenvalue weighted by atomic mass is 9.88. The van der Waals surface area contributed by atoms with Crippen molar-refractivity contribution in [2.24, 2.45) is 0 Å². The largest absolute Gasteiger partial charge is 0.301 e. The van der Waals surface area contributed by atoms with Gasteiger partial charge in [-0.05, 0) is 39.3 Å². The molecule has 1 nitrogen and oxygen atoms in total. The number of hydrogen-bond donors (Lipinski definition) is 0. The maximum atomic E-state index is 2.57. The van der Waals surface area contributed by atoms with Crippen molar-refractivity contribution in [3.63, 3.8) is 0 Å². The summed E-state index contributed by atoms with van der Waals surface area (Å²) in [7, 11) is 2.28. The van der Waals surface area contributed by atoms with Gasteiger partial charge in [-0.1, -0.05) is 48.0 Å². The molecular formula is C14H33N. The molecule has 0 saturated carbocycles. The molecule has 0 aromatic heterocycles. The van der Waals surface area contributed by atoms with Gasteiger partial charge in [-0.3, -0.25) is 0 Å². The summed E-state index contributed by atoms with van der Waals surface area (Å²) in [6, 6.07) is 0. The minimum atomic E-state index is 0.578. The third-order valence-corrected chi connectivity index (χ3v) is 3.32. The van der Waals surface area contributed by atoms with E-state index >= 15 is 0 Å². The van der Waals surface area contributed by atoms with Crippen molar-refractivity contribution in [2.75, 3.05) is 13.6 Å². The molecule has 1 saturated heterocycles. The maximum Gasteiger partial charge on any atom is 0.0204 e. The topological polar surface area (TPSA) is 3.24 Å². The summed E-state index contributed by atoms with van der Waals surface area (Å²) in [4.78, 5) is 2.57. The first kappa shape index (κ1) is 17.4. The van der Waals surface area contributed by atoms with E-state index in [4.69, 9.17) is 0 Å². The molecule has 0 spiro atoms. The van der Waals surface area contributed by atoms with Crippen LogP contribution in [-0.4, -0.2) is 24.0 Å². The predicted octanol–water partition coefficient (Wildman–Crippen LogP) is 4.71. The fourth-order valence-corrected chi connectivity index (χ4v) is 2.48. The maximum absolute atomic E-state index is 2.57. The van der Waals surface area contributed by atoms with Crippen LogP contribution < -0.4 is 0 Å². The molecule has 1 heteroatoms. The van der Waals surface area contributed by atoms with Crippen molar-refractivity contribution in [3.05, 3.63) is 0 Å². The number of likely N-dealkylation sites (tertiary alicyclic amines) is 1. The monoisotopic (exact) mass is 215 g/mol. The van der Waals surface area contributed by atoms with Gasteiger partial charge in [0.25, 0.3) is 0 Å². The van der Waals surface area contributed by atoms with Gasteiger partial charge in [0, 0.05) is 5.54 Å². The van der Waals surface area contributed by atoms with Crippen LogP contribution in [0.25, 0.3) is 0 Å². The summed E-state index contributed by atoms with van der Waals surface area (Å²) in [6.45, 7) is 13.9. The van der Waals surface area contributed by atoms with Gasteiger partial charge in [0.2, 0.25) is 0 Å². The summed E-state index contributed by atoms with van der Waals surface area (Å²) in [5.41, 5.74) is 0.578. The number of nitrogens with zero attached hydrogens (tertiary/aromatic N) is 1. The van der Waals surface area contributed by atoms with Crippen LogP contribution in [-0.2, 0) is 0 Å². The standard InChI is InChI=1S/C10H21N.2C2H6/c1-4-7-10(5-2)8-6-9-11(10)3;2*1-2/h4-9H2,1-3H3;2*1-2H3. The van der Waals surface area contributed by atoms with Crippen molar-refractivity contribution in [1.29, 1.82) is 0 Å². The first-order valence-corrected chi connectivity index (χ1v) is 6.96. The molecule has 0 aliphatic carbocycles. The lowest BCUT2D eigenvalue weighted by molar-refractivity contribution is 0.153. The zero-order valence-electron chi connectivity index (χ0n) is 12.2. The van der Waals surface area contributed by atoms with Gasteiger partial charge in [0.1, 0.15) is 0 Å². The van der Waals surface area contributed by atoms with Crippen molar-refractivity contribution in [3.8, 4) is 0 Å². The molecular weight excluding hydrogens is 182 g/mol. The van der Waals surface area contributed by atoms with E-state index in [0.29, 0.717) is 5.54 Å². The minimum absolute atomic E-state index is 0.578. The molecule has 0 aromatic carbocycles. The molecule has 0 radical (unpaired) electrons. The fourth-order valence-electron chi connectivity index (χ4n) is 2.48. The third-order valence-electron chi connectivity index (χ3n) is 3.32. The van der Waals surface area contributed by atoms with Crippen LogP contribution in [0, 0.1) is 0 Å². The van der Waals surface area contributed by atoms with Crippen LogP contribution >= 0.6 is 0 Å². The Morgan fingerprint density at radius 2 is 1.60 bits per heavy atom. The summed E-state index contributed by atoms with van der Waals surface area (Å²) < 4.78 is 0. The van der Waals surface area contributed by atoms with Crippen LogP contribution in [0.15, 0.2) is 0 Å². The number of hydrogen-bond acceptors (Lipinski definition) is 1. The second kappa shape index (κ2) is 10.5. The van der Waals surface area contributed by atoms with Crippen molar-refractivity contribution in [2.45, 2.75) is 79.2 Å². The molecule has 15 heavy (non-hydrogen) atoms. The van der Waals surface area contributed by atoms with E-state index in [1.54, 1.807) is 0 Å². The second-order valence-corrected chi connectivity index (χ2v) is 3.85. The van der Waals surface area contributed by atoms with Gasteiger partial charge in [-0.25, -0.2) is 0 Å². The van der Waals surface area contributed by atoms with Crippen LogP contribution in [0.4, 0.5) is 0 Å². The number of rotatable bonds is 3. The Balaban J connectivity index is 0. The average molecular weight is 215 g/mol. The Morgan fingerprint density at radius 3 is 1.87 bits per heavy atom. The molecule has 1 aliphatic rings. The Morgan fingerprint density at radius 1 is 1.07 bits per heavy atom. The van der Waals surface area contributed by atoms with Crippen LogP contribution in [0.2, 0.25) is 0 Å². The van der Waals surface area contributed by atoms with E-state index in [2.05, 4.69) is 25.8 Å². The molecule has 1 aliphatic heterocycles. The Labute approximate surface area is 98.2 Å². The molecule has 1 rings (SSSR count). The summed E-state index contributed by atoms with van der Waals surface area (Å²) in [5, 5.41) is 0. The highest BCUT2D eigenvalue weighted by molar-refractivity contribution is 4.92. The highest BCUT2D eigenvalue weighted by Crippen LogP contribution is 2.34. The van der Waals surface area contributed by atoms with E-state index in [0.717, 1.165) is 0 Å². The Bertz CT molecular complexity index is 123. The molecule has 0 bridgehead atoms. The van der Waals surface area contributed by atoms with Gasteiger partial charge >= 0.3 is 0 Å². The zero-order valence-corrected chi connectivity index (χ0v) is 12.2. The highest BCUT2D eigenvalue weighted by atomic mass is 15.2. The zero-order chi connectivity index (χ0) is 12.3. The molecule has 0 aromatic rings. The second-order valence-electron chi connectivity index (χ2n) is 3.85. The first-order valence-electron chi connectivity index (χ1n) is 6.96. The normalized spacial score (nSPS) is 25.0. The van der Waals surface area contributed by atoms with Crippen molar-refractivity contribution >= 4 is 0 Å². The first-order chi connectivity index (χ1) is 7.25. The summed E-state index contributed by atoms with van der Waals surface area (Å²) in [6.07, 6.45) is 6.88. The molecule has 1 fully saturated rings. The molecule has 0 amide bonds. The molecule has 1 heterocycles. The molecule has 94 valence electrons. The molecule has 1 unspecified atom stereocenters. The molecule has 0 N–H and O–H groups in total. The summed E-state index contributed by atoms with van der Waals surface area (Å²) >= 11 is 0. The van der Waals surface area contributed by atoms with Gasteiger partial charge in [-0.15, -0.1) is 0 Å². The van der Waals surface area contributed by atoms with E-state index < -0.39 is 0 Å². The van der Waals surface area contributed by atoms with E-state index in [9.17, 15) is 0 Å². The minimum Gasteiger partial charge on any atom is -0.301 e. The SMILES string of the molecule is CC.CC.CCCC1(CC)CCCN1C. The Hall–Kier alpha value is -0.0400. The van der Waals surface area contributed by atoms with E-state index in [1.807, 2.05) is 27.7 Å². The van der Waals surface area contributed by atoms with Crippen molar-refractivity contribution < 1.29 is 0 Å². The van der Waals surface area contributed by atoms with Gasteiger partial charge in [0.15, 0.2) is 0 Å². The predicted molar refractivity (Wildman–Crippen MR) is 72.5 cm³/mol. The fraction of sp³-hybridized carbons (Fsp3) is 1.00. The van der Waals surface area contributed by atoms with Gasteiger partial charge in [-0.2, -0.15) is 0 Å². The third kappa shape index (κ3) is 5.01. The Kier molecular flexibility index (Phi) is 12.1. The highest BCUT2D eigenvalue weighted by Gasteiger charge is 2.35. The van der Waals surface area contributed by atoms with Crippen molar-refractivity contribution in [1.82, 2.24) is 4.90 Å². The quantitative estimate of drug-likeness (QED) is 0.659. The van der Waals surface area contributed by atoms with Gasteiger partial charge < -0.3 is 4.90 Å². The van der Waals surface area contributed by atoms with Crippen LogP contribution in [0.1, 0.15) is 73.6 Å².